The summed E-state index contributed by atoms with van der Waals surface area (Å²) in [6.07, 6.45) is 4.70. The van der Waals surface area contributed by atoms with Crippen LogP contribution in [0.5, 0.6) is 5.75 Å². The number of nitrogens with zero attached hydrogens (tertiary/aromatic N) is 4. The molecule has 2 aromatic heterocycles. The number of hydrogen-bond donors (Lipinski definition) is 1. The van der Waals surface area contributed by atoms with Gasteiger partial charge in [-0.2, -0.15) is 0 Å². The Hall–Kier alpha value is -2.15. The average molecular weight is 420 g/mol. The first-order valence-corrected chi connectivity index (χ1v) is 9.02. The van der Waals surface area contributed by atoms with E-state index in [-0.39, 0.29) is 35.8 Å². The summed E-state index contributed by atoms with van der Waals surface area (Å²) in [7, 11) is 0. The van der Waals surface area contributed by atoms with Crippen LogP contribution in [0.25, 0.3) is 17.2 Å². The van der Waals surface area contributed by atoms with Gasteiger partial charge in [0.2, 0.25) is 0 Å². The average Bonchev–Trinajstić information content (AvgIpc) is 3.05. The van der Waals surface area contributed by atoms with Crippen LogP contribution in [0.4, 0.5) is 0 Å². The first-order chi connectivity index (χ1) is 12.6. The van der Waals surface area contributed by atoms with Crippen LogP contribution in [-0.4, -0.2) is 31.9 Å². The van der Waals surface area contributed by atoms with E-state index in [1.807, 2.05) is 37.3 Å². The largest absolute Gasteiger partial charge is 0.492 e. The summed E-state index contributed by atoms with van der Waals surface area (Å²) >= 11 is 0. The van der Waals surface area contributed by atoms with Crippen LogP contribution in [0.3, 0.4) is 0 Å². The lowest BCUT2D eigenvalue weighted by atomic mass is 9.39. The van der Waals surface area contributed by atoms with Gasteiger partial charge >= 0.3 is 0 Å². The Balaban J connectivity index is 0.00000112. The predicted octanol–water partition coefficient (Wildman–Crippen LogP) is 3.70. The van der Waals surface area contributed by atoms with Gasteiger partial charge in [-0.25, -0.2) is 4.98 Å². The summed E-state index contributed by atoms with van der Waals surface area (Å²) in [4.78, 5) is 4.55. The predicted molar refractivity (Wildman–Crippen MR) is 113 cm³/mol. The molecule has 28 heavy (non-hydrogen) atoms. The first kappa shape index (κ1) is 20.6. The molecule has 3 saturated carbocycles. The lowest BCUT2D eigenvalue weighted by Gasteiger charge is -2.68. The van der Waals surface area contributed by atoms with Gasteiger partial charge in [-0.05, 0) is 50.5 Å². The molecule has 0 spiro atoms. The molecule has 148 valence electrons. The molecule has 3 aliphatic carbocycles. The summed E-state index contributed by atoms with van der Waals surface area (Å²) in [6, 6.07) is 14.1. The van der Waals surface area contributed by atoms with Crippen LogP contribution in [0.1, 0.15) is 32.0 Å². The van der Waals surface area contributed by atoms with E-state index in [9.17, 15) is 0 Å². The van der Waals surface area contributed by atoms with E-state index in [1.54, 1.807) is 6.20 Å². The second-order valence-corrected chi connectivity index (χ2v) is 7.50. The number of benzene rings is 1. The Morgan fingerprint density at radius 1 is 1.04 bits per heavy atom. The van der Waals surface area contributed by atoms with E-state index in [0.29, 0.717) is 6.61 Å². The second-order valence-electron chi connectivity index (χ2n) is 7.50. The number of hydrogen-bond acceptors (Lipinski definition) is 5. The molecule has 3 aromatic rings. The zero-order chi connectivity index (χ0) is 17.8. The lowest BCUT2D eigenvalue weighted by molar-refractivity contribution is -0.0663. The van der Waals surface area contributed by atoms with E-state index in [0.717, 1.165) is 48.0 Å². The minimum atomic E-state index is 0. The number of nitrogens with two attached hydrogens (primary N) is 1. The molecule has 0 atom stereocenters. The van der Waals surface area contributed by atoms with Gasteiger partial charge < -0.3 is 10.5 Å². The van der Waals surface area contributed by atoms with Crippen molar-refractivity contribution in [3.05, 3.63) is 54.5 Å². The highest BCUT2D eigenvalue weighted by atomic mass is 35.5. The van der Waals surface area contributed by atoms with Crippen molar-refractivity contribution in [3.8, 4) is 23.0 Å². The molecular weight excluding hydrogens is 397 g/mol. The molecule has 0 unspecified atom stereocenters. The van der Waals surface area contributed by atoms with Gasteiger partial charge in [0.25, 0.3) is 0 Å². The minimum Gasteiger partial charge on any atom is -0.492 e. The van der Waals surface area contributed by atoms with Crippen molar-refractivity contribution in [3.63, 3.8) is 0 Å². The molecule has 6 nitrogen and oxygen atoms in total. The van der Waals surface area contributed by atoms with Crippen molar-refractivity contribution in [2.45, 2.75) is 37.1 Å². The molecule has 3 aliphatic rings. The molecule has 1 aromatic carbocycles. The zero-order valence-corrected chi connectivity index (χ0v) is 17.2. The highest BCUT2D eigenvalue weighted by molar-refractivity contribution is 5.85. The lowest BCUT2D eigenvalue weighted by Crippen LogP contribution is -2.75. The van der Waals surface area contributed by atoms with Gasteiger partial charge in [0, 0.05) is 16.6 Å². The molecule has 0 aliphatic heterocycles. The summed E-state index contributed by atoms with van der Waals surface area (Å²) in [5.74, 6) is 2.51. The van der Waals surface area contributed by atoms with Crippen LogP contribution < -0.4 is 10.5 Å². The topological polar surface area (TPSA) is 78.9 Å². The van der Waals surface area contributed by atoms with Crippen LogP contribution in [0.2, 0.25) is 0 Å². The molecule has 0 amide bonds. The molecular formula is C20H23Cl2N5O. The van der Waals surface area contributed by atoms with Crippen molar-refractivity contribution in [1.29, 1.82) is 0 Å². The first-order valence-electron chi connectivity index (χ1n) is 9.02. The molecule has 0 saturated heterocycles. The third-order valence-corrected chi connectivity index (χ3v) is 5.50. The number of aromatic nitrogens is 4. The van der Waals surface area contributed by atoms with Crippen molar-refractivity contribution < 1.29 is 4.74 Å². The van der Waals surface area contributed by atoms with Crippen LogP contribution >= 0.6 is 24.8 Å². The summed E-state index contributed by atoms with van der Waals surface area (Å²) in [5.41, 5.74) is 8.20. The maximum Gasteiger partial charge on any atom is 0.187 e. The van der Waals surface area contributed by atoms with Crippen molar-refractivity contribution in [2.24, 2.45) is 5.73 Å². The van der Waals surface area contributed by atoms with Crippen molar-refractivity contribution in [1.82, 2.24) is 19.7 Å². The maximum atomic E-state index is 6.28. The minimum absolute atomic E-state index is 0. The summed E-state index contributed by atoms with van der Waals surface area (Å²) < 4.78 is 7.64. The van der Waals surface area contributed by atoms with Gasteiger partial charge in [0.15, 0.2) is 5.82 Å². The highest BCUT2D eigenvalue weighted by Gasteiger charge is 2.68. The molecule has 2 N–H and O–H groups in total. The molecule has 3 fully saturated rings. The summed E-state index contributed by atoms with van der Waals surface area (Å²) in [6.45, 7) is 2.58. The van der Waals surface area contributed by atoms with E-state index >= 15 is 0 Å². The van der Waals surface area contributed by atoms with Gasteiger partial charge in [0.1, 0.15) is 17.3 Å². The fourth-order valence-electron chi connectivity index (χ4n) is 4.48. The van der Waals surface area contributed by atoms with E-state index in [4.69, 9.17) is 10.5 Å². The Labute approximate surface area is 176 Å². The Morgan fingerprint density at radius 3 is 2.32 bits per heavy atom. The molecule has 6 rings (SSSR count). The smallest absolute Gasteiger partial charge is 0.187 e. The molecule has 2 heterocycles. The standard InChI is InChI=1S/C20H21N5O.2ClH/c1-2-26-15-8-9-16(22-10-15)17-23-24-18(19-11-20(21,12-19)13-19)25(17)14-6-4-3-5-7-14;;/h3-10H,2,11-13,21H2,1H3;2*1H. The highest BCUT2D eigenvalue weighted by Crippen LogP contribution is 2.66. The Morgan fingerprint density at radius 2 is 1.75 bits per heavy atom. The monoisotopic (exact) mass is 419 g/mol. The maximum absolute atomic E-state index is 6.28. The van der Waals surface area contributed by atoms with Gasteiger partial charge in [-0.3, -0.25) is 4.57 Å². The second kappa shape index (κ2) is 7.35. The zero-order valence-electron chi connectivity index (χ0n) is 15.5. The normalized spacial score (nSPS) is 24.2. The van der Waals surface area contributed by atoms with Gasteiger partial charge in [0.05, 0.1) is 12.8 Å². The third kappa shape index (κ3) is 3.05. The molecule has 8 heteroatoms. The third-order valence-electron chi connectivity index (χ3n) is 5.50. The number of halogens is 2. The Bertz CT molecular complexity index is 939. The van der Waals surface area contributed by atoms with Crippen molar-refractivity contribution in [2.75, 3.05) is 6.61 Å². The molecule has 2 bridgehead atoms. The van der Waals surface area contributed by atoms with E-state index in [2.05, 4.69) is 31.9 Å². The number of pyridine rings is 1. The summed E-state index contributed by atoms with van der Waals surface area (Å²) in [5, 5.41) is 9.08. The number of rotatable bonds is 5. The van der Waals surface area contributed by atoms with Crippen molar-refractivity contribution >= 4 is 24.8 Å². The Kier molecular flexibility index (Phi) is 5.40. The fourth-order valence-corrected chi connectivity index (χ4v) is 4.48. The quantitative estimate of drug-likeness (QED) is 0.681. The molecule has 0 radical (unpaired) electrons. The van der Waals surface area contributed by atoms with Gasteiger partial charge in [-0.15, -0.1) is 35.0 Å². The van der Waals surface area contributed by atoms with E-state index in [1.165, 1.54) is 0 Å². The van der Waals surface area contributed by atoms with Crippen LogP contribution in [0.15, 0.2) is 48.7 Å². The number of ether oxygens (including phenoxy) is 1. The fraction of sp³-hybridized carbons (Fsp3) is 0.350. The van der Waals surface area contributed by atoms with E-state index < -0.39 is 0 Å². The van der Waals surface area contributed by atoms with Crippen LogP contribution in [0, 0.1) is 0 Å². The number of para-hydroxylation sites is 1. The van der Waals surface area contributed by atoms with Gasteiger partial charge in [-0.1, -0.05) is 18.2 Å². The SMILES string of the molecule is CCOc1ccc(-c2nnc(C34CC(N)(C3)C4)n2-c2ccccc2)nc1.Cl.Cl. The van der Waals surface area contributed by atoms with Crippen LogP contribution in [-0.2, 0) is 5.41 Å².